The van der Waals surface area contributed by atoms with Crippen LogP contribution in [0, 0.1) is 12.3 Å². The van der Waals surface area contributed by atoms with Gasteiger partial charge in [-0.3, -0.25) is 0 Å². The van der Waals surface area contributed by atoms with E-state index in [1.807, 2.05) is 50.2 Å². The van der Waals surface area contributed by atoms with Gasteiger partial charge < -0.3 is 15.3 Å². The first-order valence-corrected chi connectivity index (χ1v) is 9.91. The minimum Gasteiger partial charge on any atom is -0.396 e. The molecule has 3 N–H and O–H groups in total. The van der Waals surface area contributed by atoms with Crippen LogP contribution in [0.5, 0.6) is 0 Å². The average Bonchev–Trinajstić information content (AvgIpc) is 2.73. The highest BCUT2D eigenvalue weighted by Gasteiger charge is 2.26. The van der Waals surface area contributed by atoms with Crippen LogP contribution in [0.1, 0.15) is 42.5 Å². The van der Waals surface area contributed by atoms with Crippen LogP contribution < -0.4 is 0 Å². The topological polar surface area (TPSA) is 60.7 Å². The molecule has 147 valence electrons. The Balaban J connectivity index is 2.15. The maximum absolute atomic E-state index is 11.1. The first-order valence-electron chi connectivity index (χ1n) is 9.91. The Morgan fingerprint density at radius 1 is 0.929 bits per heavy atom. The first-order chi connectivity index (χ1) is 13.5. The predicted molar refractivity (Wildman–Crippen MR) is 114 cm³/mol. The van der Waals surface area contributed by atoms with Crippen molar-refractivity contribution in [3.05, 3.63) is 88.9 Å². The summed E-state index contributed by atoms with van der Waals surface area (Å²) in [7, 11) is 0. The van der Waals surface area contributed by atoms with E-state index in [-0.39, 0.29) is 19.1 Å². The van der Waals surface area contributed by atoms with E-state index in [0.717, 1.165) is 45.4 Å². The summed E-state index contributed by atoms with van der Waals surface area (Å²) < 4.78 is 0. The number of allylic oxidation sites excluding steroid dienone is 2. The van der Waals surface area contributed by atoms with Gasteiger partial charge in [0.05, 0.1) is 12.7 Å². The monoisotopic (exact) mass is 377 g/mol. The zero-order chi connectivity index (χ0) is 20.1. The molecule has 1 atom stereocenters. The standard InChI is InChI=1S/C25H29O3/c1-17(2)25(28)24-22(20-8-3-6-18(14-20)12-13-26)10-5-11-23(24)21-9-4-7-19(15-21)16-27/h3-4,6-11,14-15,17,25-28H,5,12-13,16H2,1-2H3. The molecule has 3 rings (SSSR count). The summed E-state index contributed by atoms with van der Waals surface area (Å²) in [5.41, 5.74) is 7.02. The normalized spacial score (nSPS) is 15.7. The fourth-order valence-corrected chi connectivity index (χ4v) is 3.72. The Kier molecular flexibility index (Phi) is 6.84. The van der Waals surface area contributed by atoms with Crippen molar-refractivity contribution in [2.75, 3.05) is 6.61 Å². The minimum atomic E-state index is -0.600. The summed E-state index contributed by atoms with van der Waals surface area (Å²) >= 11 is 0. The third-order valence-corrected chi connectivity index (χ3v) is 5.21. The van der Waals surface area contributed by atoms with Crippen LogP contribution in [0.2, 0.25) is 0 Å². The molecular weight excluding hydrogens is 348 g/mol. The lowest BCUT2D eigenvalue weighted by atomic mass is 9.78. The van der Waals surface area contributed by atoms with E-state index in [1.54, 1.807) is 0 Å². The molecule has 0 bridgehead atoms. The Morgan fingerprint density at radius 3 is 2.29 bits per heavy atom. The van der Waals surface area contributed by atoms with Gasteiger partial charge in [0.1, 0.15) is 0 Å². The van der Waals surface area contributed by atoms with Crippen LogP contribution in [0.15, 0.2) is 60.2 Å². The molecule has 2 aromatic carbocycles. The van der Waals surface area contributed by atoms with Crippen LogP contribution in [-0.4, -0.2) is 28.0 Å². The molecule has 3 nitrogen and oxygen atoms in total. The molecule has 0 saturated heterocycles. The fourth-order valence-electron chi connectivity index (χ4n) is 3.72. The number of aliphatic hydroxyl groups is 3. The number of hydrogen-bond donors (Lipinski definition) is 3. The van der Waals surface area contributed by atoms with Crippen molar-refractivity contribution < 1.29 is 15.3 Å². The maximum Gasteiger partial charge on any atom is 0.0821 e. The lowest BCUT2D eigenvalue weighted by Crippen LogP contribution is -2.22. The summed E-state index contributed by atoms with van der Waals surface area (Å²) in [4.78, 5) is 0. The second kappa shape index (κ2) is 9.33. The molecule has 28 heavy (non-hydrogen) atoms. The molecule has 0 spiro atoms. The number of benzene rings is 2. The van der Waals surface area contributed by atoms with Crippen molar-refractivity contribution in [1.82, 2.24) is 0 Å². The zero-order valence-corrected chi connectivity index (χ0v) is 16.6. The summed E-state index contributed by atoms with van der Waals surface area (Å²) in [5, 5.41) is 29.9. The Bertz CT molecular complexity index is 877. The molecule has 0 aliphatic heterocycles. The van der Waals surface area contributed by atoms with Gasteiger partial charge in [-0.2, -0.15) is 0 Å². The van der Waals surface area contributed by atoms with E-state index < -0.39 is 6.10 Å². The molecule has 1 unspecified atom stereocenters. The van der Waals surface area contributed by atoms with Gasteiger partial charge in [-0.05, 0) is 70.2 Å². The highest BCUT2D eigenvalue weighted by atomic mass is 16.3. The smallest absolute Gasteiger partial charge is 0.0821 e. The van der Waals surface area contributed by atoms with Crippen molar-refractivity contribution in [2.45, 2.75) is 39.4 Å². The van der Waals surface area contributed by atoms with Gasteiger partial charge in [-0.25, -0.2) is 0 Å². The number of aliphatic hydroxyl groups excluding tert-OH is 3. The van der Waals surface area contributed by atoms with Crippen molar-refractivity contribution >= 4 is 11.1 Å². The molecule has 0 fully saturated rings. The third-order valence-electron chi connectivity index (χ3n) is 5.21. The molecule has 2 aromatic rings. The quantitative estimate of drug-likeness (QED) is 0.678. The van der Waals surface area contributed by atoms with Crippen LogP contribution in [-0.2, 0) is 13.0 Å². The third kappa shape index (κ3) is 4.44. The highest BCUT2D eigenvalue weighted by Crippen LogP contribution is 2.40. The fraction of sp³-hybridized carbons (Fsp3) is 0.320. The maximum atomic E-state index is 11.1. The largest absolute Gasteiger partial charge is 0.396 e. The van der Waals surface area contributed by atoms with Gasteiger partial charge in [0, 0.05) is 6.61 Å². The number of hydrogen-bond acceptors (Lipinski definition) is 3. The van der Waals surface area contributed by atoms with Crippen LogP contribution in [0.4, 0.5) is 0 Å². The molecule has 0 saturated carbocycles. The molecule has 0 heterocycles. The van der Waals surface area contributed by atoms with Gasteiger partial charge in [-0.15, -0.1) is 0 Å². The van der Waals surface area contributed by atoms with E-state index in [0.29, 0.717) is 6.42 Å². The highest BCUT2D eigenvalue weighted by molar-refractivity contribution is 5.95. The van der Waals surface area contributed by atoms with Crippen LogP contribution >= 0.6 is 0 Å². The summed E-state index contributed by atoms with van der Waals surface area (Å²) in [6, 6.07) is 16.1. The number of rotatable bonds is 7. The minimum absolute atomic E-state index is 0.00487. The first kappa shape index (κ1) is 20.5. The van der Waals surface area contributed by atoms with E-state index in [4.69, 9.17) is 0 Å². The summed E-state index contributed by atoms with van der Waals surface area (Å²) in [6.07, 6.45) is 5.12. The van der Waals surface area contributed by atoms with Crippen LogP contribution in [0.3, 0.4) is 0 Å². The molecule has 1 aliphatic carbocycles. The van der Waals surface area contributed by atoms with E-state index >= 15 is 0 Å². The van der Waals surface area contributed by atoms with E-state index in [1.165, 1.54) is 0 Å². The molecule has 0 amide bonds. The molecular formula is C25H29O3. The lowest BCUT2D eigenvalue weighted by Gasteiger charge is -2.29. The van der Waals surface area contributed by atoms with Gasteiger partial charge in [-0.1, -0.05) is 62.4 Å². The van der Waals surface area contributed by atoms with Gasteiger partial charge in [0.15, 0.2) is 0 Å². The van der Waals surface area contributed by atoms with E-state index in [2.05, 4.69) is 24.6 Å². The Labute approximate surface area is 167 Å². The van der Waals surface area contributed by atoms with Crippen molar-refractivity contribution in [3.63, 3.8) is 0 Å². The van der Waals surface area contributed by atoms with Crippen LogP contribution in [0.25, 0.3) is 11.1 Å². The predicted octanol–water partition coefficient (Wildman–Crippen LogP) is 4.18. The Morgan fingerprint density at radius 2 is 1.61 bits per heavy atom. The van der Waals surface area contributed by atoms with Crippen molar-refractivity contribution in [2.24, 2.45) is 5.92 Å². The second-order valence-electron chi connectivity index (χ2n) is 7.61. The lowest BCUT2D eigenvalue weighted by molar-refractivity contribution is 0.165. The summed E-state index contributed by atoms with van der Waals surface area (Å²) in [5.74, 6) is 0.0709. The van der Waals surface area contributed by atoms with Crippen molar-refractivity contribution in [1.29, 1.82) is 0 Å². The molecule has 1 radical (unpaired) electrons. The van der Waals surface area contributed by atoms with Crippen molar-refractivity contribution in [3.8, 4) is 0 Å². The summed E-state index contributed by atoms with van der Waals surface area (Å²) in [6.45, 7) is 4.16. The molecule has 1 aliphatic rings. The van der Waals surface area contributed by atoms with Gasteiger partial charge in [0.25, 0.3) is 0 Å². The average molecular weight is 378 g/mol. The second-order valence-corrected chi connectivity index (χ2v) is 7.61. The molecule has 0 aromatic heterocycles. The van der Waals surface area contributed by atoms with E-state index in [9.17, 15) is 15.3 Å². The SMILES string of the molecule is CC(C)C(O)C1=C(c2cccc(CCO)c2)[CH]CC=C1c1cccc(CO)c1. The Hall–Kier alpha value is -2.20. The molecule has 3 heteroatoms. The van der Waals surface area contributed by atoms with Gasteiger partial charge in [0.2, 0.25) is 0 Å². The zero-order valence-electron chi connectivity index (χ0n) is 16.6. The van der Waals surface area contributed by atoms with Gasteiger partial charge >= 0.3 is 0 Å².